The molecule has 0 fully saturated rings. The van der Waals surface area contributed by atoms with Gasteiger partial charge in [-0.25, -0.2) is 0 Å². The van der Waals surface area contributed by atoms with Gasteiger partial charge in [0.25, 0.3) is 0 Å². The number of hydrogen-bond acceptors (Lipinski definition) is 5. The number of anilines is 1. The Kier molecular flexibility index (Phi) is 3.87. The zero-order valence-corrected chi connectivity index (χ0v) is 12.1. The van der Waals surface area contributed by atoms with Gasteiger partial charge in [-0.15, -0.1) is 0 Å². The van der Waals surface area contributed by atoms with Crippen LogP contribution >= 0.6 is 0 Å². The van der Waals surface area contributed by atoms with Crippen LogP contribution in [0.3, 0.4) is 0 Å². The lowest BCUT2D eigenvalue weighted by Crippen LogP contribution is -2.07. The summed E-state index contributed by atoms with van der Waals surface area (Å²) in [5.74, 6) is 1.61. The van der Waals surface area contributed by atoms with E-state index in [0.29, 0.717) is 11.9 Å². The molecule has 0 unspecified atom stereocenters. The minimum absolute atomic E-state index is 0.0372. The maximum Gasteiger partial charge on any atom is 0.248 e. The van der Waals surface area contributed by atoms with Gasteiger partial charge in [0.05, 0.1) is 11.9 Å². The highest BCUT2D eigenvalue weighted by atomic mass is 16.5. The van der Waals surface area contributed by atoms with E-state index in [-0.39, 0.29) is 12.0 Å². The van der Waals surface area contributed by atoms with Crippen molar-refractivity contribution in [1.29, 1.82) is 0 Å². The molecule has 0 bridgehead atoms. The molecular formula is C13H21N5O. The van der Waals surface area contributed by atoms with Gasteiger partial charge in [-0.1, -0.05) is 19.0 Å². The van der Waals surface area contributed by atoms with Gasteiger partial charge in [-0.3, -0.25) is 4.68 Å². The van der Waals surface area contributed by atoms with Crippen LogP contribution in [-0.4, -0.2) is 19.9 Å². The van der Waals surface area contributed by atoms with Crippen molar-refractivity contribution < 1.29 is 4.52 Å². The van der Waals surface area contributed by atoms with Crippen molar-refractivity contribution in [2.24, 2.45) is 0 Å². The highest BCUT2D eigenvalue weighted by molar-refractivity contribution is 5.39. The Morgan fingerprint density at radius 1 is 1.21 bits per heavy atom. The molecular weight excluding hydrogens is 242 g/mol. The molecule has 6 nitrogen and oxygen atoms in total. The fraction of sp³-hybridized carbons (Fsp3) is 0.615. The molecule has 2 rings (SSSR count). The van der Waals surface area contributed by atoms with Gasteiger partial charge in [-0.2, -0.15) is 10.1 Å². The van der Waals surface area contributed by atoms with Gasteiger partial charge < -0.3 is 9.84 Å². The number of rotatable bonds is 5. The molecule has 2 aromatic rings. The molecule has 0 saturated carbocycles. The van der Waals surface area contributed by atoms with Crippen molar-refractivity contribution in [2.75, 3.05) is 5.32 Å². The molecule has 0 aromatic carbocycles. The van der Waals surface area contributed by atoms with Crippen molar-refractivity contribution >= 4 is 5.69 Å². The van der Waals surface area contributed by atoms with E-state index in [9.17, 15) is 0 Å². The van der Waals surface area contributed by atoms with E-state index < -0.39 is 0 Å². The predicted molar refractivity (Wildman–Crippen MR) is 73.0 cm³/mol. The molecule has 2 aromatic heterocycles. The average molecular weight is 263 g/mol. The van der Waals surface area contributed by atoms with Crippen molar-refractivity contribution in [2.45, 2.75) is 52.6 Å². The molecule has 19 heavy (non-hydrogen) atoms. The average Bonchev–Trinajstić information content (AvgIpc) is 2.96. The Balaban J connectivity index is 2.04. The molecule has 6 heteroatoms. The van der Waals surface area contributed by atoms with E-state index in [0.717, 1.165) is 11.5 Å². The van der Waals surface area contributed by atoms with Crippen LogP contribution in [0.1, 0.15) is 64.3 Å². The zero-order chi connectivity index (χ0) is 14.0. The van der Waals surface area contributed by atoms with E-state index in [1.165, 1.54) is 0 Å². The van der Waals surface area contributed by atoms with E-state index in [4.69, 9.17) is 4.52 Å². The summed E-state index contributed by atoms with van der Waals surface area (Å²) in [6.07, 6.45) is 3.77. The topological polar surface area (TPSA) is 68.8 Å². The highest BCUT2D eigenvalue weighted by Gasteiger charge is 2.16. The van der Waals surface area contributed by atoms with E-state index >= 15 is 0 Å². The highest BCUT2D eigenvalue weighted by Crippen LogP contribution is 2.20. The van der Waals surface area contributed by atoms with Crippen LogP contribution in [0.25, 0.3) is 0 Å². The molecule has 0 radical (unpaired) electrons. The number of aromatic nitrogens is 4. The molecule has 0 amide bonds. The minimum atomic E-state index is -0.0372. The van der Waals surface area contributed by atoms with Gasteiger partial charge in [0.1, 0.15) is 6.04 Å². The first kappa shape index (κ1) is 13.6. The third kappa shape index (κ3) is 3.13. The number of nitrogens with one attached hydrogen (secondary N) is 1. The monoisotopic (exact) mass is 263 g/mol. The van der Waals surface area contributed by atoms with E-state index in [2.05, 4.69) is 34.4 Å². The smallest absolute Gasteiger partial charge is 0.248 e. The van der Waals surface area contributed by atoms with Gasteiger partial charge >= 0.3 is 0 Å². The maximum absolute atomic E-state index is 5.26. The lowest BCUT2D eigenvalue weighted by atomic mass is 10.2. The van der Waals surface area contributed by atoms with Crippen LogP contribution in [0.4, 0.5) is 5.69 Å². The number of hydrogen-bond donors (Lipinski definition) is 1. The molecule has 0 spiro atoms. The summed E-state index contributed by atoms with van der Waals surface area (Å²) in [4.78, 5) is 4.38. The Bertz CT molecular complexity index is 529. The van der Waals surface area contributed by atoms with Crippen LogP contribution < -0.4 is 5.32 Å². The summed E-state index contributed by atoms with van der Waals surface area (Å²) < 4.78 is 7.17. The maximum atomic E-state index is 5.26. The SMILES string of the molecule is CC(C)c1noc([C@@H](C)Nc2cnn(C(C)C)c2)n1. The van der Waals surface area contributed by atoms with Crippen LogP contribution in [0.2, 0.25) is 0 Å². The second kappa shape index (κ2) is 5.42. The summed E-state index contributed by atoms with van der Waals surface area (Å²) >= 11 is 0. The fourth-order valence-electron chi connectivity index (χ4n) is 1.66. The lowest BCUT2D eigenvalue weighted by molar-refractivity contribution is 0.361. The zero-order valence-electron chi connectivity index (χ0n) is 12.1. The molecule has 0 saturated heterocycles. The fourth-order valence-corrected chi connectivity index (χ4v) is 1.66. The van der Waals surface area contributed by atoms with Crippen molar-refractivity contribution in [3.05, 3.63) is 24.1 Å². The first-order valence-electron chi connectivity index (χ1n) is 6.61. The van der Waals surface area contributed by atoms with Crippen LogP contribution in [0, 0.1) is 0 Å². The van der Waals surface area contributed by atoms with Gasteiger partial charge in [-0.05, 0) is 20.8 Å². The summed E-state index contributed by atoms with van der Waals surface area (Å²) in [6, 6.07) is 0.312. The summed E-state index contributed by atoms with van der Waals surface area (Å²) in [5, 5.41) is 11.6. The second-order valence-electron chi connectivity index (χ2n) is 5.31. The standard InChI is InChI=1S/C13H21N5O/c1-8(2)12-16-13(19-17-12)10(5)15-11-6-14-18(7-11)9(3)4/h6-10,15H,1-5H3/t10-/m1/s1. The second-order valence-corrected chi connectivity index (χ2v) is 5.31. The van der Waals surface area contributed by atoms with E-state index in [1.54, 1.807) is 6.20 Å². The summed E-state index contributed by atoms with van der Waals surface area (Å²) in [6.45, 7) is 10.3. The quantitative estimate of drug-likeness (QED) is 0.897. The predicted octanol–water partition coefficient (Wildman–Crippen LogP) is 3.14. The number of nitrogens with zero attached hydrogens (tertiary/aromatic N) is 4. The Morgan fingerprint density at radius 2 is 1.95 bits per heavy atom. The van der Waals surface area contributed by atoms with Gasteiger partial charge in [0.2, 0.25) is 5.89 Å². The third-order valence-electron chi connectivity index (χ3n) is 2.86. The first-order valence-corrected chi connectivity index (χ1v) is 6.61. The summed E-state index contributed by atoms with van der Waals surface area (Å²) in [5.41, 5.74) is 0.950. The Morgan fingerprint density at radius 3 is 2.47 bits per heavy atom. The van der Waals surface area contributed by atoms with Crippen molar-refractivity contribution in [1.82, 2.24) is 19.9 Å². The molecule has 0 aliphatic rings. The molecule has 1 atom stereocenters. The Hall–Kier alpha value is -1.85. The molecule has 104 valence electrons. The lowest BCUT2D eigenvalue weighted by Gasteiger charge is -2.08. The molecule has 0 aliphatic heterocycles. The largest absolute Gasteiger partial charge is 0.371 e. The molecule has 2 heterocycles. The third-order valence-corrected chi connectivity index (χ3v) is 2.86. The van der Waals surface area contributed by atoms with Crippen molar-refractivity contribution in [3.8, 4) is 0 Å². The van der Waals surface area contributed by atoms with E-state index in [1.807, 2.05) is 31.6 Å². The summed E-state index contributed by atoms with van der Waals surface area (Å²) in [7, 11) is 0. The van der Waals surface area contributed by atoms with Crippen molar-refractivity contribution in [3.63, 3.8) is 0 Å². The normalized spacial score (nSPS) is 13.2. The van der Waals surface area contributed by atoms with Crippen LogP contribution in [-0.2, 0) is 0 Å². The van der Waals surface area contributed by atoms with Gasteiger partial charge in [0.15, 0.2) is 5.82 Å². The first-order chi connectivity index (χ1) is 8.97. The van der Waals surface area contributed by atoms with Gasteiger partial charge in [0, 0.05) is 18.2 Å². The van der Waals surface area contributed by atoms with Crippen LogP contribution in [0.15, 0.2) is 16.9 Å². The minimum Gasteiger partial charge on any atom is -0.371 e. The molecule has 0 aliphatic carbocycles. The molecule has 1 N–H and O–H groups in total. The van der Waals surface area contributed by atoms with Crippen LogP contribution in [0.5, 0.6) is 0 Å². The Labute approximate surface area is 113 Å².